The number of hydrogen-bond donors (Lipinski definition) is 2. The Hall–Kier alpha value is -3.14. The molecule has 0 spiro atoms. The number of ether oxygens (including phenoxy) is 1. The van der Waals surface area contributed by atoms with Crippen LogP contribution >= 0.6 is 0 Å². The number of nitro groups is 1. The maximum atomic E-state index is 12.5. The van der Waals surface area contributed by atoms with Crippen LogP contribution in [0.25, 0.3) is 10.9 Å². The molecule has 1 fully saturated rings. The fourth-order valence-corrected chi connectivity index (χ4v) is 3.31. The van der Waals surface area contributed by atoms with Crippen molar-refractivity contribution in [1.82, 2.24) is 20.1 Å². The number of nitro benzene ring substituents is 1. The lowest BCUT2D eigenvalue weighted by Crippen LogP contribution is -2.51. The molecule has 2 heterocycles. The van der Waals surface area contributed by atoms with Crippen LogP contribution in [0.3, 0.4) is 0 Å². The average Bonchev–Trinajstić information content (AvgIpc) is 3.10. The Balaban J connectivity index is 1.48. The number of piperazine rings is 1. The third-order valence-electron chi connectivity index (χ3n) is 4.86. The predicted octanol–water partition coefficient (Wildman–Crippen LogP) is 2.36. The molecule has 1 aromatic carbocycles. The second-order valence-electron chi connectivity index (χ2n) is 8.25. The summed E-state index contributed by atoms with van der Waals surface area (Å²) in [5.41, 5.74) is 0.480. The zero-order valence-electron chi connectivity index (χ0n) is 17.4. The number of hydrogen-bond acceptors (Lipinski definition) is 6. The first-order valence-corrected chi connectivity index (χ1v) is 9.88. The van der Waals surface area contributed by atoms with E-state index in [2.05, 4.69) is 15.2 Å². The number of H-pyrrole nitrogens is 1. The third kappa shape index (κ3) is 5.26. The summed E-state index contributed by atoms with van der Waals surface area (Å²) in [4.78, 5) is 42.0. The van der Waals surface area contributed by atoms with E-state index in [0.29, 0.717) is 55.7 Å². The Morgan fingerprint density at radius 1 is 1.23 bits per heavy atom. The van der Waals surface area contributed by atoms with Crippen LogP contribution in [0, 0.1) is 10.1 Å². The van der Waals surface area contributed by atoms with Gasteiger partial charge in [-0.3, -0.25) is 19.8 Å². The van der Waals surface area contributed by atoms with Crippen molar-refractivity contribution in [1.29, 1.82) is 0 Å². The fraction of sp³-hybridized carbons (Fsp3) is 0.500. The maximum absolute atomic E-state index is 12.5. The van der Waals surface area contributed by atoms with Crippen molar-refractivity contribution >= 4 is 28.6 Å². The number of nitrogens with one attached hydrogen (secondary N) is 2. The smallest absolute Gasteiger partial charge is 0.410 e. The molecule has 1 saturated heterocycles. The molecule has 2 amide bonds. The van der Waals surface area contributed by atoms with Crippen LogP contribution in [-0.2, 0) is 4.74 Å². The van der Waals surface area contributed by atoms with Gasteiger partial charge in [0.1, 0.15) is 5.60 Å². The standard InChI is InChI=1S/C20H27N5O5/c1-20(2,3)30-19(27)24-10-8-23(9-11-24)7-6-21-18(26)16-13-22-17-5-4-14(25(28)29)12-15(16)17/h4-5,12-13,22H,6-11H2,1-3H3,(H,21,26). The minimum absolute atomic E-state index is 0.0565. The van der Waals surface area contributed by atoms with Gasteiger partial charge in [0, 0.05) is 68.5 Å². The molecular weight excluding hydrogens is 390 g/mol. The van der Waals surface area contributed by atoms with E-state index in [1.165, 1.54) is 12.1 Å². The van der Waals surface area contributed by atoms with Crippen LogP contribution in [0.4, 0.5) is 10.5 Å². The largest absolute Gasteiger partial charge is 0.444 e. The van der Waals surface area contributed by atoms with Crippen LogP contribution in [0.15, 0.2) is 24.4 Å². The van der Waals surface area contributed by atoms with E-state index in [1.54, 1.807) is 17.2 Å². The monoisotopic (exact) mass is 417 g/mol. The van der Waals surface area contributed by atoms with Crippen molar-refractivity contribution < 1.29 is 19.2 Å². The number of fused-ring (bicyclic) bond motifs is 1. The summed E-state index contributed by atoms with van der Waals surface area (Å²) in [6.07, 6.45) is 1.26. The van der Waals surface area contributed by atoms with Crippen molar-refractivity contribution in [3.05, 3.63) is 40.1 Å². The van der Waals surface area contributed by atoms with E-state index < -0.39 is 10.5 Å². The van der Waals surface area contributed by atoms with Gasteiger partial charge in [0.25, 0.3) is 11.6 Å². The number of rotatable bonds is 5. The molecule has 1 aromatic heterocycles. The summed E-state index contributed by atoms with van der Waals surface area (Å²) >= 11 is 0. The van der Waals surface area contributed by atoms with Gasteiger partial charge in [0.15, 0.2) is 0 Å². The van der Waals surface area contributed by atoms with E-state index in [1.807, 2.05) is 20.8 Å². The Morgan fingerprint density at radius 2 is 1.93 bits per heavy atom. The quantitative estimate of drug-likeness (QED) is 0.569. The molecule has 0 radical (unpaired) electrons. The van der Waals surface area contributed by atoms with Crippen LogP contribution < -0.4 is 5.32 Å². The zero-order valence-corrected chi connectivity index (χ0v) is 17.4. The highest BCUT2D eigenvalue weighted by Gasteiger charge is 2.25. The minimum Gasteiger partial charge on any atom is -0.444 e. The highest BCUT2D eigenvalue weighted by atomic mass is 16.6. The molecule has 162 valence electrons. The van der Waals surface area contributed by atoms with Gasteiger partial charge >= 0.3 is 6.09 Å². The van der Waals surface area contributed by atoms with Crippen LogP contribution in [0.5, 0.6) is 0 Å². The Bertz CT molecular complexity index is 941. The average molecular weight is 417 g/mol. The Morgan fingerprint density at radius 3 is 2.57 bits per heavy atom. The summed E-state index contributed by atoms with van der Waals surface area (Å²) in [6.45, 7) is 9.18. The van der Waals surface area contributed by atoms with Gasteiger partial charge < -0.3 is 19.9 Å². The highest BCUT2D eigenvalue weighted by Crippen LogP contribution is 2.23. The summed E-state index contributed by atoms with van der Waals surface area (Å²) in [7, 11) is 0. The molecule has 10 nitrogen and oxygen atoms in total. The van der Waals surface area contributed by atoms with E-state index in [9.17, 15) is 19.7 Å². The SMILES string of the molecule is CC(C)(C)OC(=O)N1CCN(CCNC(=O)c2c[nH]c3ccc([N+](=O)[O-])cc23)CC1. The van der Waals surface area contributed by atoms with Crippen molar-refractivity contribution in [2.75, 3.05) is 39.3 Å². The van der Waals surface area contributed by atoms with Gasteiger partial charge in [-0.1, -0.05) is 0 Å². The maximum Gasteiger partial charge on any atom is 0.410 e. The molecule has 0 bridgehead atoms. The predicted molar refractivity (Wildman–Crippen MR) is 112 cm³/mol. The van der Waals surface area contributed by atoms with Crippen LogP contribution in [-0.4, -0.2) is 76.6 Å². The molecule has 30 heavy (non-hydrogen) atoms. The van der Waals surface area contributed by atoms with E-state index >= 15 is 0 Å². The summed E-state index contributed by atoms with van der Waals surface area (Å²) in [5, 5.41) is 14.4. The fourth-order valence-electron chi connectivity index (χ4n) is 3.31. The molecule has 0 atom stereocenters. The lowest BCUT2D eigenvalue weighted by Gasteiger charge is -2.35. The van der Waals surface area contributed by atoms with Gasteiger partial charge in [0.05, 0.1) is 10.5 Å². The highest BCUT2D eigenvalue weighted by molar-refractivity contribution is 6.07. The van der Waals surface area contributed by atoms with E-state index in [0.717, 1.165) is 0 Å². The lowest BCUT2D eigenvalue weighted by molar-refractivity contribution is -0.384. The Labute approximate surface area is 174 Å². The van der Waals surface area contributed by atoms with Gasteiger partial charge in [-0.05, 0) is 26.8 Å². The molecule has 1 aliphatic heterocycles. The number of carbonyl (C=O) groups is 2. The molecule has 0 aliphatic carbocycles. The van der Waals surface area contributed by atoms with Gasteiger partial charge in [0.2, 0.25) is 0 Å². The number of benzene rings is 1. The number of aromatic nitrogens is 1. The zero-order chi connectivity index (χ0) is 21.9. The van der Waals surface area contributed by atoms with E-state index in [4.69, 9.17) is 4.74 Å². The molecule has 0 unspecified atom stereocenters. The lowest BCUT2D eigenvalue weighted by atomic mass is 10.1. The first-order valence-electron chi connectivity index (χ1n) is 9.88. The van der Waals surface area contributed by atoms with Crippen molar-refractivity contribution in [3.8, 4) is 0 Å². The second-order valence-corrected chi connectivity index (χ2v) is 8.25. The first-order chi connectivity index (χ1) is 14.1. The molecule has 10 heteroatoms. The van der Waals surface area contributed by atoms with Crippen LogP contribution in [0.2, 0.25) is 0 Å². The van der Waals surface area contributed by atoms with Crippen LogP contribution in [0.1, 0.15) is 31.1 Å². The third-order valence-corrected chi connectivity index (χ3v) is 4.86. The van der Waals surface area contributed by atoms with Crippen molar-refractivity contribution in [2.45, 2.75) is 26.4 Å². The second kappa shape index (κ2) is 8.70. The van der Waals surface area contributed by atoms with Crippen molar-refractivity contribution in [3.63, 3.8) is 0 Å². The minimum atomic E-state index is -0.513. The summed E-state index contributed by atoms with van der Waals surface area (Å²) in [5.74, 6) is -0.283. The van der Waals surface area contributed by atoms with Gasteiger partial charge in [-0.15, -0.1) is 0 Å². The summed E-state index contributed by atoms with van der Waals surface area (Å²) in [6, 6.07) is 4.39. The first kappa shape index (κ1) is 21.6. The molecule has 2 N–H and O–H groups in total. The molecule has 2 aromatic rings. The summed E-state index contributed by atoms with van der Waals surface area (Å²) < 4.78 is 5.39. The number of aromatic amines is 1. The number of non-ortho nitro benzene ring substituents is 1. The van der Waals surface area contributed by atoms with E-state index in [-0.39, 0.29) is 17.7 Å². The number of amides is 2. The molecule has 0 saturated carbocycles. The number of carbonyl (C=O) groups excluding carboxylic acids is 2. The van der Waals surface area contributed by atoms with Crippen molar-refractivity contribution in [2.24, 2.45) is 0 Å². The van der Waals surface area contributed by atoms with Gasteiger partial charge in [-0.25, -0.2) is 4.79 Å². The molecule has 3 rings (SSSR count). The topological polar surface area (TPSA) is 121 Å². The Kier molecular flexibility index (Phi) is 6.25. The molecular formula is C20H27N5O5. The van der Waals surface area contributed by atoms with Gasteiger partial charge in [-0.2, -0.15) is 0 Å². The normalized spacial score (nSPS) is 15.2. The molecule has 1 aliphatic rings. The number of nitrogens with zero attached hydrogens (tertiary/aromatic N) is 3.